The fourth-order valence-corrected chi connectivity index (χ4v) is 1.65. The van der Waals surface area contributed by atoms with Gasteiger partial charge < -0.3 is 29.7 Å². The summed E-state index contributed by atoms with van der Waals surface area (Å²) in [5.41, 5.74) is -1.94. The Hall–Kier alpha value is -2.19. The number of nitro groups is 1. The lowest BCUT2D eigenvalue weighted by atomic mass is 9.84. The number of carboxylic acid groups (broad SMARTS) is 3. The molecule has 0 aromatic heterocycles. The standard InChI is InChI=1S/C10H15NO8/c12-7(13)1-4-10(11(18)19,5-2-8(14)15)6-3-9(16)17/h1-6H2,(H,12,13)(H,14,15)(H,16,17)/p-3. The van der Waals surface area contributed by atoms with Gasteiger partial charge in [0, 0.05) is 42.1 Å². The van der Waals surface area contributed by atoms with E-state index in [-0.39, 0.29) is 0 Å². The summed E-state index contributed by atoms with van der Waals surface area (Å²) < 4.78 is 0. The second-order valence-corrected chi connectivity index (χ2v) is 4.10. The van der Waals surface area contributed by atoms with Crippen LogP contribution in [0.4, 0.5) is 0 Å². The SMILES string of the molecule is O=C([O-])CCC(CCC(=O)[O-])(CCC(=O)[O-])[N+](=O)[O-]. The van der Waals surface area contributed by atoms with Crippen molar-refractivity contribution < 1.29 is 34.6 Å². The van der Waals surface area contributed by atoms with Gasteiger partial charge in [-0.25, -0.2) is 0 Å². The molecule has 0 unspecified atom stereocenters. The molecule has 0 aromatic carbocycles. The molecule has 0 N–H and O–H groups in total. The maximum atomic E-state index is 11.0. The maximum absolute atomic E-state index is 11.0. The summed E-state index contributed by atoms with van der Waals surface area (Å²) in [5.74, 6) is -4.60. The molecule has 0 saturated heterocycles. The van der Waals surface area contributed by atoms with Gasteiger partial charge in [0.2, 0.25) is 5.54 Å². The van der Waals surface area contributed by atoms with Crippen LogP contribution < -0.4 is 15.3 Å². The predicted molar refractivity (Wildman–Crippen MR) is 52.4 cm³/mol. The molecule has 0 spiro atoms. The Morgan fingerprint density at radius 2 is 1.05 bits per heavy atom. The molecule has 0 saturated carbocycles. The molecule has 0 rings (SSSR count). The number of carboxylic acids is 3. The second-order valence-electron chi connectivity index (χ2n) is 4.10. The lowest BCUT2D eigenvalue weighted by Gasteiger charge is -2.26. The molecular weight excluding hydrogens is 262 g/mol. The van der Waals surface area contributed by atoms with Gasteiger partial charge in [0.25, 0.3) is 0 Å². The van der Waals surface area contributed by atoms with E-state index in [1.807, 2.05) is 0 Å². The van der Waals surface area contributed by atoms with Crippen LogP contribution in [-0.4, -0.2) is 28.4 Å². The minimum absolute atomic E-state index is 0.511. The summed E-state index contributed by atoms with van der Waals surface area (Å²) in [6.45, 7) is 0. The van der Waals surface area contributed by atoms with Crippen molar-refractivity contribution in [3.63, 3.8) is 0 Å². The fourth-order valence-electron chi connectivity index (χ4n) is 1.65. The molecule has 0 aromatic rings. The first kappa shape index (κ1) is 16.8. The average Bonchev–Trinajstić information content (AvgIpc) is 2.27. The lowest BCUT2D eigenvalue weighted by molar-refractivity contribution is -0.574. The minimum Gasteiger partial charge on any atom is -0.550 e. The van der Waals surface area contributed by atoms with E-state index < -0.39 is 66.9 Å². The van der Waals surface area contributed by atoms with E-state index in [9.17, 15) is 39.8 Å². The van der Waals surface area contributed by atoms with Crippen LogP contribution >= 0.6 is 0 Å². The summed E-state index contributed by atoms with van der Waals surface area (Å²) in [6.07, 6.45) is -3.53. The van der Waals surface area contributed by atoms with Crippen LogP contribution in [0.5, 0.6) is 0 Å². The largest absolute Gasteiger partial charge is 0.550 e. The van der Waals surface area contributed by atoms with E-state index in [2.05, 4.69) is 0 Å². The van der Waals surface area contributed by atoms with Gasteiger partial charge in [-0.2, -0.15) is 0 Å². The highest BCUT2D eigenvalue weighted by Crippen LogP contribution is 2.28. The Morgan fingerprint density at radius 1 is 0.789 bits per heavy atom. The molecule has 0 atom stereocenters. The van der Waals surface area contributed by atoms with E-state index in [0.717, 1.165) is 0 Å². The molecule has 0 aliphatic rings. The third-order valence-corrected chi connectivity index (χ3v) is 2.77. The van der Waals surface area contributed by atoms with Crippen molar-refractivity contribution in [2.45, 2.75) is 44.1 Å². The average molecular weight is 274 g/mol. The molecule has 0 aliphatic carbocycles. The van der Waals surface area contributed by atoms with E-state index in [4.69, 9.17) is 0 Å². The van der Waals surface area contributed by atoms with Gasteiger partial charge in [0.1, 0.15) is 0 Å². The van der Waals surface area contributed by atoms with Gasteiger partial charge in [-0.1, -0.05) is 0 Å². The zero-order valence-corrected chi connectivity index (χ0v) is 9.96. The molecule has 0 bridgehead atoms. The normalized spacial score (nSPS) is 10.9. The van der Waals surface area contributed by atoms with Gasteiger partial charge in [-0.05, 0) is 19.3 Å². The van der Waals surface area contributed by atoms with Crippen LogP contribution in [0.2, 0.25) is 0 Å². The minimum atomic E-state index is -1.94. The highest BCUT2D eigenvalue weighted by molar-refractivity contribution is 5.66. The van der Waals surface area contributed by atoms with Crippen LogP contribution in [0.25, 0.3) is 0 Å². The molecule has 0 aliphatic heterocycles. The quantitative estimate of drug-likeness (QED) is 0.293. The van der Waals surface area contributed by atoms with Crippen LogP contribution in [0.15, 0.2) is 0 Å². The summed E-state index contributed by atoms with van der Waals surface area (Å²) in [5, 5.41) is 42.1. The number of carbonyl (C=O) groups excluding carboxylic acids is 3. The van der Waals surface area contributed by atoms with E-state index in [1.54, 1.807) is 0 Å². The number of nitrogens with zero attached hydrogens (tertiary/aromatic N) is 1. The van der Waals surface area contributed by atoms with Crippen molar-refractivity contribution >= 4 is 17.9 Å². The van der Waals surface area contributed by atoms with Gasteiger partial charge in [-0.3, -0.25) is 10.1 Å². The van der Waals surface area contributed by atoms with Crippen LogP contribution in [0.3, 0.4) is 0 Å². The van der Waals surface area contributed by atoms with Crippen LogP contribution in [0, 0.1) is 10.1 Å². The molecule has 0 amide bonds. The summed E-state index contributed by atoms with van der Waals surface area (Å²) in [6, 6.07) is 0. The number of aliphatic carboxylic acids is 3. The third kappa shape index (κ3) is 6.34. The number of hydrogen-bond acceptors (Lipinski definition) is 8. The van der Waals surface area contributed by atoms with Crippen molar-refractivity contribution in [2.24, 2.45) is 0 Å². The zero-order valence-electron chi connectivity index (χ0n) is 9.96. The van der Waals surface area contributed by atoms with Crippen molar-refractivity contribution in [3.8, 4) is 0 Å². The second kappa shape index (κ2) is 7.29. The van der Waals surface area contributed by atoms with Gasteiger partial charge >= 0.3 is 0 Å². The monoisotopic (exact) mass is 274 g/mol. The first-order chi connectivity index (χ1) is 8.69. The summed E-state index contributed by atoms with van der Waals surface area (Å²) in [7, 11) is 0. The number of carbonyl (C=O) groups is 3. The molecule has 0 radical (unpaired) electrons. The van der Waals surface area contributed by atoms with Crippen LogP contribution in [0.1, 0.15) is 38.5 Å². The first-order valence-electron chi connectivity index (χ1n) is 5.43. The zero-order chi connectivity index (χ0) is 15.1. The molecule has 9 nitrogen and oxygen atoms in total. The van der Waals surface area contributed by atoms with Crippen molar-refractivity contribution in [1.29, 1.82) is 0 Å². The summed E-state index contributed by atoms with van der Waals surface area (Å²) in [4.78, 5) is 41.2. The number of hydrogen-bond donors (Lipinski definition) is 0. The Kier molecular flexibility index (Phi) is 6.45. The van der Waals surface area contributed by atoms with Gasteiger partial charge in [0.15, 0.2) is 0 Å². The van der Waals surface area contributed by atoms with Crippen molar-refractivity contribution in [3.05, 3.63) is 10.1 Å². The Bertz CT molecular complexity index is 332. The fraction of sp³-hybridized carbons (Fsp3) is 0.700. The smallest absolute Gasteiger partial charge is 0.223 e. The maximum Gasteiger partial charge on any atom is 0.223 e. The third-order valence-electron chi connectivity index (χ3n) is 2.77. The highest BCUT2D eigenvalue weighted by atomic mass is 16.6. The molecule has 0 heterocycles. The van der Waals surface area contributed by atoms with Crippen molar-refractivity contribution in [2.75, 3.05) is 0 Å². The molecule has 9 heteroatoms. The molecule has 108 valence electrons. The Morgan fingerprint density at radius 3 is 1.21 bits per heavy atom. The van der Waals surface area contributed by atoms with E-state index in [1.165, 1.54) is 0 Å². The van der Waals surface area contributed by atoms with Crippen molar-refractivity contribution in [1.82, 2.24) is 0 Å². The molecular formula is C10H12NO8-3. The van der Waals surface area contributed by atoms with E-state index in [0.29, 0.717) is 0 Å². The topological polar surface area (TPSA) is 164 Å². The summed E-state index contributed by atoms with van der Waals surface area (Å²) >= 11 is 0. The highest BCUT2D eigenvalue weighted by Gasteiger charge is 2.41. The Balaban J connectivity index is 4.97. The van der Waals surface area contributed by atoms with Gasteiger partial charge in [0.05, 0.1) is 0 Å². The predicted octanol–water partition coefficient (Wildman–Crippen LogP) is -3.41. The molecule has 0 fully saturated rings. The lowest BCUT2D eigenvalue weighted by Crippen LogP contribution is -2.43. The van der Waals surface area contributed by atoms with Crippen LogP contribution in [-0.2, 0) is 14.4 Å². The van der Waals surface area contributed by atoms with Gasteiger partial charge in [-0.15, -0.1) is 0 Å². The molecule has 19 heavy (non-hydrogen) atoms. The van der Waals surface area contributed by atoms with E-state index >= 15 is 0 Å². The Labute approximate surface area is 108 Å². The number of rotatable bonds is 10. The first-order valence-corrected chi connectivity index (χ1v) is 5.43.